The molecule has 0 saturated heterocycles. The van der Waals surface area contributed by atoms with Crippen LogP contribution in [0.25, 0.3) is 22.0 Å². The first-order valence-electron chi connectivity index (χ1n) is 10.7. The summed E-state index contributed by atoms with van der Waals surface area (Å²) in [6.07, 6.45) is 0. The summed E-state index contributed by atoms with van der Waals surface area (Å²) in [6, 6.07) is 15.3. The van der Waals surface area contributed by atoms with Crippen molar-refractivity contribution in [1.82, 2.24) is 9.78 Å². The van der Waals surface area contributed by atoms with E-state index in [0.29, 0.717) is 54.9 Å². The van der Waals surface area contributed by atoms with Crippen LogP contribution in [0.5, 0.6) is 11.5 Å². The number of rotatable bonds is 7. The van der Waals surface area contributed by atoms with Gasteiger partial charge in [0.25, 0.3) is 5.56 Å². The molecule has 1 heterocycles. The number of anilines is 1. The normalized spacial score (nSPS) is 10.8. The van der Waals surface area contributed by atoms with Gasteiger partial charge in [0, 0.05) is 34.8 Å². The van der Waals surface area contributed by atoms with Gasteiger partial charge in [-0.25, -0.2) is 4.68 Å². The second kappa shape index (κ2) is 10.4. The number of carbonyl (C=O) groups excluding carboxylic acids is 1. The van der Waals surface area contributed by atoms with Gasteiger partial charge in [0.05, 0.1) is 30.3 Å². The molecule has 0 aliphatic carbocycles. The molecule has 10 heteroatoms. The third kappa shape index (κ3) is 4.78. The molecule has 3 aromatic carbocycles. The van der Waals surface area contributed by atoms with Crippen molar-refractivity contribution in [3.63, 3.8) is 0 Å². The minimum atomic E-state index is -0.462. The number of ether oxygens (including phenoxy) is 2. The van der Waals surface area contributed by atoms with Crippen LogP contribution in [-0.2, 0) is 11.3 Å². The Balaban J connectivity index is 1.81. The van der Waals surface area contributed by atoms with Gasteiger partial charge in [-0.15, -0.1) is 0 Å². The molecule has 184 valence electrons. The van der Waals surface area contributed by atoms with E-state index in [1.165, 1.54) is 19.1 Å². The summed E-state index contributed by atoms with van der Waals surface area (Å²) in [7, 11) is 4.57. The van der Waals surface area contributed by atoms with Crippen LogP contribution in [0.4, 0.5) is 11.4 Å². The number of carbonyl (C=O) groups is 1. The molecule has 0 aliphatic heterocycles. The fraction of sp³-hybridized carbons (Fsp3) is 0.154. The molecule has 4 rings (SSSR count). The predicted octanol–water partition coefficient (Wildman–Crippen LogP) is 5.38. The first kappa shape index (κ1) is 25.2. The number of amides is 1. The van der Waals surface area contributed by atoms with E-state index >= 15 is 0 Å². The average Bonchev–Trinajstić information content (AvgIpc) is 2.89. The van der Waals surface area contributed by atoms with Crippen LogP contribution in [-0.4, -0.2) is 43.7 Å². The topological polar surface area (TPSA) is 86.0 Å². The number of fused-ring (bicyclic) bond motifs is 1. The summed E-state index contributed by atoms with van der Waals surface area (Å²) in [6.45, 7) is 3.20. The molecular weight excluding hydrogens is 503 g/mol. The monoisotopic (exact) mass is 524 g/mol. The Hall–Kier alpha value is -3.88. The van der Waals surface area contributed by atoms with Gasteiger partial charge in [-0.1, -0.05) is 35.3 Å². The van der Waals surface area contributed by atoms with Gasteiger partial charge in [0.2, 0.25) is 5.91 Å². The molecule has 4 aromatic rings. The number of methoxy groups -OCH3 is 2. The molecule has 0 unspecified atom stereocenters. The minimum absolute atomic E-state index is 0.305. The summed E-state index contributed by atoms with van der Waals surface area (Å²) >= 11 is 12.6. The Morgan fingerprint density at radius 2 is 1.81 bits per heavy atom. The Labute approximate surface area is 217 Å². The number of nitrogens with zero attached hydrogens (tertiary/aromatic N) is 4. The van der Waals surface area contributed by atoms with Crippen LogP contribution in [0.1, 0.15) is 0 Å². The highest BCUT2D eigenvalue weighted by molar-refractivity contribution is 6.33. The maximum atomic E-state index is 13.4. The van der Waals surface area contributed by atoms with E-state index in [1.54, 1.807) is 55.6 Å². The molecule has 0 bridgehead atoms. The van der Waals surface area contributed by atoms with Crippen molar-refractivity contribution in [1.29, 1.82) is 0 Å². The molecule has 0 radical (unpaired) electrons. The Kier molecular flexibility index (Phi) is 7.28. The maximum absolute atomic E-state index is 13.4. The van der Waals surface area contributed by atoms with Gasteiger partial charge in [0.1, 0.15) is 23.7 Å². The molecule has 0 atom stereocenters. The second-order valence-electron chi connectivity index (χ2n) is 7.82. The summed E-state index contributed by atoms with van der Waals surface area (Å²) in [5, 5.41) is 6.19. The van der Waals surface area contributed by atoms with Gasteiger partial charge in [-0.2, -0.15) is 5.10 Å². The van der Waals surface area contributed by atoms with Crippen LogP contribution in [0.15, 0.2) is 64.4 Å². The van der Waals surface area contributed by atoms with Gasteiger partial charge in [0.15, 0.2) is 0 Å². The van der Waals surface area contributed by atoms with E-state index in [-0.39, 0.29) is 12.5 Å². The van der Waals surface area contributed by atoms with Crippen molar-refractivity contribution < 1.29 is 14.3 Å². The standard InChI is InChI=1S/C26H22Cl2N4O4/c1-29-21-9-8-17(11-23(21)36-4)31(2)24(33)14-32-26(34)19-13-22(35-3)20(28)12-18(19)25(30-32)15-6-5-7-16(27)10-15/h5-13H,1,14H2,2-4H3. The number of halogens is 2. The van der Waals surface area contributed by atoms with Crippen molar-refractivity contribution in [2.75, 3.05) is 26.2 Å². The average molecular weight is 525 g/mol. The van der Waals surface area contributed by atoms with E-state index in [4.69, 9.17) is 32.7 Å². The third-order valence-electron chi connectivity index (χ3n) is 5.71. The summed E-state index contributed by atoms with van der Waals surface area (Å²) in [5.41, 5.74) is 1.77. The lowest BCUT2D eigenvalue weighted by molar-refractivity contribution is -0.119. The van der Waals surface area contributed by atoms with Crippen LogP contribution in [0.2, 0.25) is 10.0 Å². The Morgan fingerprint density at radius 3 is 2.47 bits per heavy atom. The molecule has 1 amide bonds. The Bertz CT molecular complexity index is 1550. The van der Waals surface area contributed by atoms with Gasteiger partial charge < -0.3 is 14.4 Å². The van der Waals surface area contributed by atoms with Crippen molar-refractivity contribution in [3.05, 3.63) is 75.0 Å². The Morgan fingerprint density at radius 1 is 1.06 bits per heavy atom. The van der Waals surface area contributed by atoms with Crippen LogP contribution in [0, 0.1) is 0 Å². The van der Waals surface area contributed by atoms with E-state index < -0.39 is 5.56 Å². The molecular formula is C26H22Cl2N4O4. The lowest BCUT2D eigenvalue weighted by Crippen LogP contribution is -2.35. The van der Waals surface area contributed by atoms with Gasteiger partial charge in [-0.3, -0.25) is 14.6 Å². The summed E-state index contributed by atoms with van der Waals surface area (Å²) in [5.74, 6) is 0.432. The fourth-order valence-corrected chi connectivity index (χ4v) is 4.21. The number of hydrogen-bond donors (Lipinski definition) is 0. The number of benzene rings is 3. The SMILES string of the molecule is C=Nc1ccc(N(C)C(=O)Cn2nc(-c3cccc(Cl)c3)c3cc(Cl)c(OC)cc3c2=O)cc1OC. The van der Waals surface area contributed by atoms with Crippen molar-refractivity contribution >= 4 is 58.0 Å². The predicted molar refractivity (Wildman–Crippen MR) is 144 cm³/mol. The highest BCUT2D eigenvalue weighted by Crippen LogP contribution is 2.34. The molecule has 36 heavy (non-hydrogen) atoms. The zero-order valence-electron chi connectivity index (χ0n) is 19.8. The van der Waals surface area contributed by atoms with Gasteiger partial charge >= 0.3 is 0 Å². The molecule has 0 fully saturated rings. The van der Waals surface area contributed by atoms with Crippen molar-refractivity contribution in [3.8, 4) is 22.8 Å². The fourth-order valence-electron chi connectivity index (χ4n) is 3.78. The molecule has 0 N–H and O–H groups in total. The number of aromatic nitrogens is 2. The molecule has 0 spiro atoms. The summed E-state index contributed by atoms with van der Waals surface area (Å²) < 4.78 is 11.8. The van der Waals surface area contributed by atoms with E-state index in [9.17, 15) is 9.59 Å². The maximum Gasteiger partial charge on any atom is 0.275 e. The van der Waals surface area contributed by atoms with Crippen LogP contribution >= 0.6 is 23.2 Å². The molecule has 0 saturated carbocycles. The number of hydrogen-bond acceptors (Lipinski definition) is 6. The third-order valence-corrected chi connectivity index (χ3v) is 6.24. The van der Waals surface area contributed by atoms with Crippen molar-refractivity contribution in [2.24, 2.45) is 4.99 Å². The van der Waals surface area contributed by atoms with Gasteiger partial charge in [-0.05, 0) is 43.1 Å². The van der Waals surface area contributed by atoms with Crippen LogP contribution in [0.3, 0.4) is 0 Å². The van der Waals surface area contributed by atoms with E-state index in [2.05, 4.69) is 16.8 Å². The lowest BCUT2D eigenvalue weighted by atomic mass is 10.0. The highest BCUT2D eigenvalue weighted by atomic mass is 35.5. The number of likely N-dealkylation sites (N-methyl/N-ethyl adjacent to an activating group) is 1. The molecule has 0 aliphatic rings. The minimum Gasteiger partial charge on any atom is -0.495 e. The first-order valence-corrected chi connectivity index (χ1v) is 11.5. The molecule has 1 aromatic heterocycles. The van der Waals surface area contributed by atoms with Crippen LogP contribution < -0.4 is 19.9 Å². The van der Waals surface area contributed by atoms with E-state index in [0.717, 1.165) is 4.68 Å². The lowest BCUT2D eigenvalue weighted by Gasteiger charge is -2.19. The van der Waals surface area contributed by atoms with Crippen molar-refractivity contribution in [2.45, 2.75) is 6.54 Å². The zero-order valence-corrected chi connectivity index (χ0v) is 21.3. The second-order valence-corrected chi connectivity index (χ2v) is 8.66. The largest absolute Gasteiger partial charge is 0.495 e. The first-order chi connectivity index (χ1) is 17.3. The smallest absolute Gasteiger partial charge is 0.275 e. The highest BCUT2D eigenvalue weighted by Gasteiger charge is 2.20. The van der Waals surface area contributed by atoms with E-state index in [1.807, 2.05) is 6.07 Å². The number of aliphatic imine (C=N–C) groups is 1. The zero-order chi connectivity index (χ0) is 26.0. The summed E-state index contributed by atoms with van der Waals surface area (Å²) in [4.78, 5) is 31.9. The quantitative estimate of drug-likeness (QED) is 0.303. The molecule has 8 nitrogen and oxygen atoms in total.